The summed E-state index contributed by atoms with van der Waals surface area (Å²) in [6, 6.07) is 3.41. The van der Waals surface area contributed by atoms with Crippen molar-refractivity contribution in [2.45, 2.75) is 19.3 Å². The average Bonchev–Trinajstić information content (AvgIpc) is 2.71. The van der Waals surface area contributed by atoms with E-state index in [1.54, 1.807) is 24.3 Å². The van der Waals surface area contributed by atoms with Gasteiger partial charge in [-0.25, -0.2) is 0 Å². The van der Waals surface area contributed by atoms with Crippen LogP contribution >= 0.6 is 0 Å². The third-order valence-electron chi connectivity index (χ3n) is 3.20. The smallest absolute Gasteiger partial charge is 0.166 e. The number of Topliss-reactive ketones (excluding diaryl/α,β-unsaturated/α-hetero) is 2. The lowest BCUT2D eigenvalue weighted by Crippen LogP contribution is -1.94. The van der Waals surface area contributed by atoms with E-state index in [0.29, 0.717) is 23.3 Å². The van der Waals surface area contributed by atoms with E-state index in [9.17, 15) is 14.7 Å². The Morgan fingerprint density at radius 3 is 2.65 bits per heavy atom. The fourth-order valence-electron chi connectivity index (χ4n) is 2.24. The van der Waals surface area contributed by atoms with Gasteiger partial charge >= 0.3 is 0 Å². The first-order chi connectivity index (χ1) is 9.55. The molecule has 1 aliphatic carbocycles. The standard InChI is InChI=1S/C16H16O4/c1-3-4-11-5-10(7-15(20-2)16(11)19)6-12-8-13(17)9-14(12)18/h3,5-7,19H,1,4,8-9H2,2H3/b12-6-. The van der Waals surface area contributed by atoms with E-state index in [1.165, 1.54) is 7.11 Å². The maximum atomic E-state index is 11.6. The Balaban J connectivity index is 2.44. The molecule has 4 nitrogen and oxygen atoms in total. The molecule has 1 fully saturated rings. The zero-order valence-electron chi connectivity index (χ0n) is 11.3. The first-order valence-corrected chi connectivity index (χ1v) is 6.31. The predicted molar refractivity (Wildman–Crippen MR) is 75.8 cm³/mol. The number of hydrogen-bond acceptors (Lipinski definition) is 4. The van der Waals surface area contributed by atoms with Crippen LogP contribution in [0.1, 0.15) is 24.0 Å². The molecule has 104 valence electrons. The van der Waals surface area contributed by atoms with Crippen LogP contribution in [0.3, 0.4) is 0 Å². The summed E-state index contributed by atoms with van der Waals surface area (Å²) < 4.78 is 5.12. The average molecular weight is 272 g/mol. The highest BCUT2D eigenvalue weighted by Crippen LogP contribution is 2.33. The molecule has 4 heteroatoms. The third-order valence-corrected chi connectivity index (χ3v) is 3.20. The fraction of sp³-hybridized carbons (Fsp3) is 0.250. The van der Waals surface area contributed by atoms with Gasteiger partial charge in [-0.05, 0) is 30.2 Å². The van der Waals surface area contributed by atoms with Crippen LogP contribution in [0.5, 0.6) is 11.5 Å². The molecule has 20 heavy (non-hydrogen) atoms. The Labute approximate surface area is 117 Å². The van der Waals surface area contributed by atoms with Crippen molar-refractivity contribution in [2.24, 2.45) is 0 Å². The molecule has 0 aromatic heterocycles. The highest BCUT2D eigenvalue weighted by molar-refractivity contribution is 6.18. The number of hydrogen-bond donors (Lipinski definition) is 1. The van der Waals surface area contributed by atoms with Gasteiger partial charge in [0.2, 0.25) is 0 Å². The van der Waals surface area contributed by atoms with Crippen molar-refractivity contribution >= 4 is 17.6 Å². The monoisotopic (exact) mass is 272 g/mol. The summed E-state index contributed by atoms with van der Waals surface area (Å²) in [5, 5.41) is 9.98. The van der Waals surface area contributed by atoms with Gasteiger partial charge in [0.1, 0.15) is 5.78 Å². The summed E-state index contributed by atoms with van der Waals surface area (Å²) in [4.78, 5) is 22.9. The van der Waals surface area contributed by atoms with Gasteiger partial charge in [-0.2, -0.15) is 0 Å². The molecule has 0 aliphatic heterocycles. The minimum atomic E-state index is -0.132. The van der Waals surface area contributed by atoms with Crippen LogP contribution in [0.15, 0.2) is 30.4 Å². The van der Waals surface area contributed by atoms with Crippen LogP contribution in [-0.2, 0) is 16.0 Å². The normalized spacial score (nSPS) is 16.8. The van der Waals surface area contributed by atoms with Crippen molar-refractivity contribution in [3.8, 4) is 11.5 Å². The summed E-state index contributed by atoms with van der Waals surface area (Å²) in [5.41, 5.74) is 1.91. The molecule has 1 aromatic carbocycles. The van der Waals surface area contributed by atoms with Crippen LogP contribution in [0.2, 0.25) is 0 Å². The Bertz CT molecular complexity index is 611. The number of phenols is 1. The molecule has 1 saturated carbocycles. The van der Waals surface area contributed by atoms with Crippen molar-refractivity contribution in [2.75, 3.05) is 7.11 Å². The summed E-state index contributed by atoms with van der Waals surface area (Å²) in [6.07, 6.45) is 4.02. The van der Waals surface area contributed by atoms with Gasteiger partial charge in [0, 0.05) is 17.6 Å². The van der Waals surface area contributed by atoms with Gasteiger partial charge in [-0.15, -0.1) is 6.58 Å². The zero-order valence-corrected chi connectivity index (χ0v) is 11.3. The van der Waals surface area contributed by atoms with Gasteiger partial charge in [-0.3, -0.25) is 9.59 Å². The molecule has 0 saturated heterocycles. The third kappa shape index (κ3) is 2.79. The number of methoxy groups -OCH3 is 1. The molecule has 2 rings (SSSR count). The number of benzene rings is 1. The molecular formula is C16H16O4. The summed E-state index contributed by atoms with van der Waals surface area (Å²) in [7, 11) is 1.47. The van der Waals surface area contributed by atoms with Crippen molar-refractivity contribution in [1.82, 2.24) is 0 Å². The number of carbonyl (C=O) groups is 2. The van der Waals surface area contributed by atoms with E-state index < -0.39 is 0 Å². The number of allylic oxidation sites excluding steroid dienone is 2. The lowest BCUT2D eigenvalue weighted by atomic mass is 10.0. The minimum Gasteiger partial charge on any atom is -0.504 e. The van der Waals surface area contributed by atoms with E-state index in [1.807, 2.05) is 0 Å². The first-order valence-electron chi connectivity index (χ1n) is 6.31. The lowest BCUT2D eigenvalue weighted by molar-refractivity contribution is -0.121. The van der Waals surface area contributed by atoms with Crippen molar-refractivity contribution in [1.29, 1.82) is 0 Å². The largest absolute Gasteiger partial charge is 0.504 e. The van der Waals surface area contributed by atoms with Crippen LogP contribution in [0.25, 0.3) is 6.08 Å². The van der Waals surface area contributed by atoms with Crippen molar-refractivity contribution < 1.29 is 19.4 Å². The second-order valence-electron chi connectivity index (χ2n) is 4.71. The van der Waals surface area contributed by atoms with Crippen molar-refractivity contribution in [3.63, 3.8) is 0 Å². The number of phenolic OH excluding ortho intramolecular Hbond substituents is 1. The van der Waals surface area contributed by atoms with Crippen molar-refractivity contribution in [3.05, 3.63) is 41.5 Å². The van der Waals surface area contributed by atoms with Crippen LogP contribution < -0.4 is 4.74 Å². The molecule has 1 aromatic rings. The summed E-state index contributed by atoms with van der Waals surface area (Å²) >= 11 is 0. The Morgan fingerprint density at radius 1 is 1.35 bits per heavy atom. The molecule has 0 bridgehead atoms. The molecule has 0 amide bonds. The first kappa shape index (κ1) is 14.1. The molecular weight excluding hydrogens is 256 g/mol. The fourth-order valence-corrected chi connectivity index (χ4v) is 2.24. The second kappa shape index (κ2) is 5.74. The SMILES string of the molecule is C=CCc1cc(/C=C2/CC(=O)CC2=O)cc(OC)c1O. The maximum absolute atomic E-state index is 11.6. The van der Waals surface area contributed by atoms with E-state index in [2.05, 4.69) is 6.58 Å². The van der Waals surface area contributed by atoms with Crippen LogP contribution in [0.4, 0.5) is 0 Å². The van der Waals surface area contributed by atoms with Crippen LogP contribution in [-0.4, -0.2) is 23.8 Å². The van der Waals surface area contributed by atoms with Gasteiger partial charge in [0.05, 0.1) is 13.5 Å². The molecule has 0 unspecified atom stereocenters. The van der Waals surface area contributed by atoms with E-state index in [0.717, 1.165) is 5.56 Å². The topological polar surface area (TPSA) is 63.6 Å². The van der Waals surface area contributed by atoms with E-state index in [-0.39, 0.29) is 30.2 Å². The number of carbonyl (C=O) groups excluding carboxylic acids is 2. The maximum Gasteiger partial charge on any atom is 0.166 e. The Kier molecular flexibility index (Phi) is 4.03. The molecule has 0 atom stereocenters. The molecule has 0 spiro atoms. The molecule has 1 N–H and O–H groups in total. The summed E-state index contributed by atoms with van der Waals surface area (Å²) in [6.45, 7) is 3.64. The number of aromatic hydroxyl groups is 1. The van der Waals surface area contributed by atoms with Gasteiger partial charge in [-0.1, -0.05) is 6.08 Å². The minimum absolute atomic E-state index is 0.0133. The summed E-state index contributed by atoms with van der Waals surface area (Å²) in [5.74, 6) is 0.224. The van der Waals surface area contributed by atoms with E-state index >= 15 is 0 Å². The zero-order chi connectivity index (χ0) is 14.7. The lowest BCUT2D eigenvalue weighted by Gasteiger charge is -2.09. The van der Waals surface area contributed by atoms with Gasteiger partial charge in [0.25, 0.3) is 0 Å². The second-order valence-corrected chi connectivity index (χ2v) is 4.71. The molecule has 1 aliphatic rings. The quantitative estimate of drug-likeness (QED) is 0.519. The van der Waals surface area contributed by atoms with Gasteiger partial charge in [0.15, 0.2) is 17.3 Å². The van der Waals surface area contributed by atoms with E-state index in [4.69, 9.17) is 4.74 Å². The highest BCUT2D eigenvalue weighted by atomic mass is 16.5. The van der Waals surface area contributed by atoms with Gasteiger partial charge < -0.3 is 9.84 Å². The Hall–Kier alpha value is -2.36. The highest BCUT2D eigenvalue weighted by Gasteiger charge is 2.24. The number of rotatable bonds is 4. The molecule has 0 radical (unpaired) electrons. The number of ketones is 2. The predicted octanol–water partition coefficient (Wildman–Crippen LogP) is 2.44. The Morgan fingerprint density at radius 2 is 2.10 bits per heavy atom. The number of ether oxygens (including phenoxy) is 1. The van der Waals surface area contributed by atoms with Crippen LogP contribution in [0, 0.1) is 0 Å². The molecule has 0 heterocycles.